The summed E-state index contributed by atoms with van der Waals surface area (Å²) in [5.41, 5.74) is 8.13. The lowest BCUT2D eigenvalue weighted by molar-refractivity contribution is -0.149. The first-order valence-corrected chi connectivity index (χ1v) is 13.4. The summed E-state index contributed by atoms with van der Waals surface area (Å²) in [4.78, 5) is 42.1. The van der Waals surface area contributed by atoms with Crippen LogP contribution in [0.1, 0.15) is 60.9 Å². The maximum Gasteiger partial charge on any atom is 0.336 e. The maximum atomic E-state index is 14.2. The van der Waals surface area contributed by atoms with Gasteiger partial charge in [-0.15, -0.1) is 0 Å². The van der Waals surface area contributed by atoms with E-state index in [-0.39, 0.29) is 29.6 Å². The van der Waals surface area contributed by atoms with Gasteiger partial charge >= 0.3 is 5.69 Å². The summed E-state index contributed by atoms with van der Waals surface area (Å²) in [7, 11) is 1.41. The number of hydrogen-bond donors (Lipinski definition) is 2. The number of para-hydroxylation sites is 1. The summed E-state index contributed by atoms with van der Waals surface area (Å²) < 4.78 is 8.78. The number of ether oxygens (including phenoxy) is 1. The number of aromatic nitrogens is 2. The van der Waals surface area contributed by atoms with E-state index < -0.39 is 16.9 Å². The normalized spacial score (nSPS) is 16.5. The fourth-order valence-corrected chi connectivity index (χ4v) is 5.29. The van der Waals surface area contributed by atoms with E-state index in [9.17, 15) is 19.5 Å². The van der Waals surface area contributed by atoms with Crippen molar-refractivity contribution >= 4 is 11.7 Å². The van der Waals surface area contributed by atoms with Crippen molar-refractivity contribution in [1.29, 1.82) is 0 Å². The summed E-state index contributed by atoms with van der Waals surface area (Å²) in [5.74, 6) is 0.659. The van der Waals surface area contributed by atoms with E-state index in [1.54, 1.807) is 36.1 Å². The van der Waals surface area contributed by atoms with Crippen LogP contribution in [0.3, 0.4) is 0 Å². The number of phenolic OH excluding ortho intramolecular Hbond substituents is 1. The number of unbranched alkanes of at least 4 members (excludes halogenated alkanes) is 1. The van der Waals surface area contributed by atoms with Gasteiger partial charge in [-0.05, 0) is 69.4 Å². The Morgan fingerprint density at radius 1 is 1.13 bits per heavy atom. The molecule has 0 bridgehead atoms. The van der Waals surface area contributed by atoms with Crippen LogP contribution in [0.4, 0.5) is 5.82 Å². The molecule has 9 nitrogen and oxygen atoms in total. The molecule has 0 aliphatic carbocycles. The predicted molar refractivity (Wildman–Crippen MR) is 152 cm³/mol. The molecule has 2 aromatic carbocycles. The van der Waals surface area contributed by atoms with Crippen LogP contribution in [0.2, 0.25) is 0 Å². The van der Waals surface area contributed by atoms with Gasteiger partial charge in [0, 0.05) is 25.6 Å². The molecule has 0 saturated heterocycles. The summed E-state index contributed by atoms with van der Waals surface area (Å²) >= 11 is 0. The third kappa shape index (κ3) is 4.82. The molecule has 1 unspecified atom stereocenters. The quantitative estimate of drug-likeness (QED) is 0.477. The van der Waals surface area contributed by atoms with Crippen LogP contribution in [0.15, 0.2) is 39.9 Å². The van der Waals surface area contributed by atoms with E-state index in [1.165, 1.54) is 11.6 Å². The van der Waals surface area contributed by atoms with E-state index in [0.717, 1.165) is 39.7 Å². The summed E-state index contributed by atoms with van der Waals surface area (Å²) in [6.07, 6.45) is 2.56. The van der Waals surface area contributed by atoms with E-state index >= 15 is 0 Å². The number of benzene rings is 2. The second kappa shape index (κ2) is 10.6. The van der Waals surface area contributed by atoms with Crippen molar-refractivity contribution in [2.45, 2.75) is 72.4 Å². The predicted octanol–water partition coefficient (Wildman–Crippen LogP) is 3.66. The number of hydrogen-bond acceptors (Lipinski definition) is 6. The second-order valence-electron chi connectivity index (χ2n) is 10.6. The van der Waals surface area contributed by atoms with E-state index in [0.29, 0.717) is 30.8 Å². The molecule has 1 aliphatic heterocycles. The Kier molecular flexibility index (Phi) is 7.63. The van der Waals surface area contributed by atoms with Crippen LogP contribution in [-0.2, 0) is 24.8 Å². The lowest BCUT2D eigenvalue weighted by atomic mass is 9.86. The molecule has 0 spiro atoms. The highest BCUT2D eigenvalue weighted by atomic mass is 16.5. The minimum atomic E-state index is -1.17. The fraction of sp³-hybridized carbons (Fsp3) is 0.433. The van der Waals surface area contributed by atoms with Gasteiger partial charge in [0.1, 0.15) is 17.3 Å². The zero-order valence-corrected chi connectivity index (χ0v) is 23.6. The Morgan fingerprint density at radius 3 is 2.44 bits per heavy atom. The number of phenols is 1. The van der Waals surface area contributed by atoms with Crippen molar-refractivity contribution in [1.82, 2.24) is 14.0 Å². The Bertz CT molecular complexity index is 1540. The second-order valence-corrected chi connectivity index (χ2v) is 10.6. The third-order valence-corrected chi connectivity index (χ3v) is 8.00. The molecule has 0 fully saturated rings. The number of aromatic hydroxyl groups is 1. The molecule has 2 heterocycles. The van der Waals surface area contributed by atoms with Gasteiger partial charge in [0.05, 0.1) is 17.8 Å². The molecule has 9 heteroatoms. The molecule has 3 N–H and O–H groups in total. The van der Waals surface area contributed by atoms with Crippen LogP contribution in [-0.4, -0.2) is 37.2 Å². The lowest BCUT2D eigenvalue weighted by Gasteiger charge is -2.39. The third-order valence-electron chi connectivity index (χ3n) is 8.00. The number of anilines is 1. The standard InChI is InChI=1S/C30H38N4O5/c1-7-8-16-33(17-23-26(31)34(21-12-10-9-11-13-21)29(38)32(6)27(23)36)28(37)30(5)15-14-22-20(4)24(35)18(2)19(3)25(22)39-30/h9-13,35H,7-8,14-17,31H2,1-6H3. The van der Waals surface area contributed by atoms with Gasteiger partial charge in [0.25, 0.3) is 11.5 Å². The largest absolute Gasteiger partial charge is 0.507 e. The molecule has 1 aliphatic rings. The summed E-state index contributed by atoms with van der Waals surface area (Å²) in [6.45, 7) is 9.74. The Morgan fingerprint density at radius 2 is 1.79 bits per heavy atom. The molecule has 1 amide bonds. The van der Waals surface area contributed by atoms with E-state index in [2.05, 4.69) is 0 Å². The van der Waals surface area contributed by atoms with Gasteiger partial charge < -0.3 is 20.5 Å². The fourth-order valence-electron chi connectivity index (χ4n) is 5.29. The van der Waals surface area contributed by atoms with Crippen molar-refractivity contribution in [3.8, 4) is 17.2 Å². The van der Waals surface area contributed by atoms with E-state index in [1.807, 2.05) is 33.8 Å². The zero-order chi connectivity index (χ0) is 28.6. The average Bonchev–Trinajstić information content (AvgIpc) is 2.93. The number of amides is 1. The number of carbonyl (C=O) groups excluding carboxylic acids is 1. The minimum absolute atomic E-state index is 0.0150. The van der Waals surface area contributed by atoms with Gasteiger partial charge in [-0.25, -0.2) is 9.36 Å². The number of nitrogen functional groups attached to an aromatic ring is 1. The molecule has 3 aromatic rings. The van der Waals surface area contributed by atoms with Crippen molar-refractivity contribution < 1.29 is 14.6 Å². The molecule has 208 valence electrons. The number of nitrogens with two attached hydrogens (primary N) is 1. The van der Waals surface area contributed by atoms with Gasteiger partial charge in [-0.3, -0.25) is 14.2 Å². The van der Waals surface area contributed by atoms with Gasteiger partial charge in [-0.1, -0.05) is 31.5 Å². The van der Waals surface area contributed by atoms with Crippen molar-refractivity contribution in [2.75, 3.05) is 12.3 Å². The Balaban J connectivity index is 1.76. The number of carbonyl (C=O) groups is 1. The molecule has 39 heavy (non-hydrogen) atoms. The maximum absolute atomic E-state index is 14.2. The monoisotopic (exact) mass is 534 g/mol. The lowest BCUT2D eigenvalue weighted by Crippen LogP contribution is -2.53. The summed E-state index contributed by atoms with van der Waals surface area (Å²) in [5, 5.41) is 10.5. The first-order valence-electron chi connectivity index (χ1n) is 13.4. The van der Waals surface area contributed by atoms with Crippen LogP contribution >= 0.6 is 0 Å². The summed E-state index contributed by atoms with van der Waals surface area (Å²) in [6, 6.07) is 8.88. The van der Waals surface area contributed by atoms with Crippen molar-refractivity contribution in [3.05, 3.63) is 79.0 Å². The van der Waals surface area contributed by atoms with Gasteiger partial charge in [-0.2, -0.15) is 0 Å². The van der Waals surface area contributed by atoms with Crippen LogP contribution in [0, 0.1) is 20.8 Å². The molecular weight excluding hydrogens is 496 g/mol. The molecular formula is C30H38N4O5. The Hall–Kier alpha value is -4.01. The molecule has 1 aromatic heterocycles. The topological polar surface area (TPSA) is 120 Å². The number of rotatable bonds is 7. The smallest absolute Gasteiger partial charge is 0.336 e. The number of fused-ring (bicyclic) bond motifs is 1. The zero-order valence-electron chi connectivity index (χ0n) is 23.6. The van der Waals surface area contributed by atoms with Gasteiger partial charge in [0.15, 0.2) is 5.60 Å². The van der Waals surface area contributed by atoms with Crippen molar-refractivity contribution in [2.24, 2.45) is 7.05 Å². The van der Waals surface area contributed by atoms with Crippen LogP contribution in [0.25, 0.3) is 5.69 Å². The highest BCUT2D eigenvalue weighted by Crippen LogP contribution is 2.43. The van der Waals surface area contributed by atoms with Crippen LogP contribution < -0.4 is 21.7 Å². The first-order chi connectivity index (χ1) is 18.4. The number of nitrogens with zero attached hydrogens (tertiary/aromatic N) is 3. The van der Waals surface area contributed by atoms with Crippen LogP contribution in [0.5, 0.6) is 11.5 Å². The average molecular weight is 535 g/mol. The molecule has 0 saturated carbocycles. The minimum Gasteiger partial charge on any atom is -0.507 e. The highest BCUT2D eigenvalue weighted by molar-refractivity contribution is 5.86. The van der Waals surface area contributed by atoms with E-state index in [4.69, 9.17) is 10.5 Å². The molecule has 4 rings (SSSR count). The SMILES string of the molecule is CCCCN(Cc1c(N)n(-c2ccccc2)c(=O)n(C)c1=O)C(=O)C1(C)CCc2c(C)c(O)c(C)c(C)c2O1. The highest BCUT2D eigenvalue weighted by Gasteiger charge is 2.43. The molecule has 0 radical (unpaired) electrons. The van der Waals surface area contributed by atoms with Gasteiger partial charge in [0.2, 0.25) is 0 Å². The first kappa shape index (κ1) is 28.0. The molecule has 1 atom stereocenters. The Labute approximate surface area is 228 Å². The van der Waals surface area contributed by atoms with Crippen molar-refractivity contribution in [3.63, 3.8) is 0 Å².